The summed E-state index contributed by atoms with van der Waals surface area (Å²) >= 11 is 0. The van der Waals surface area contributed by atoms with Gasteiger partial charge in [0.2, 0.25) is 0 Å². The van der Waals surface area contributed by atoms with Crippen molar-refractivity contribution >= 4 is 40.2 Å². The Morgan fingerprint density at radius 3 is 2.39 bits per heavy atom. The topological polar surface area (TPSA) is 148 Å². The molecule has 4 rings (SSSR count). The van der Waals surface area contributed by atoms with Crippen LogP contribution >= 0.6 is 0 Å². The number of hydrogen-bond donors (Lipinski definition) is 4. The van der Waals surface area contributed by atoms with E-state index in [-0.39, 0.29) is 24.1 Å². The van der Waals surface area contributed by atoms with Crippen LogP contribution in [0.15, 0.2) is 73.1 Å². The standard InChI is InChI=1S/C28H28N6O4/c1-30-26(35)22-17-33-23-11-9-18(15-21(23)25(22)34-20-7-3-2-4-8-20)19-10-12-24(32-16-19)27(36)31-13-5-6-14-38-28(29)37/h2-4,7-12,15-17H,5-6,13-14H2,1H3,(H2,29,37)(H,30,35)(H,31,36)(H,33,34). The molecule has 2 aromatic heterocycles. The average Bonchev–Trinajstić information content (AvgIpc) is 2.94. The Morgan fingerprint density at radius 2 is 1.68 bits per heavy atom. The number of ether oxygens (including phenoxy) is 1. The number of benzene rings is 2. The lowest BCUT2D eigenvalue weighted by Gasteiger charge is -2.15. The number of nitrogens with one attached hydrogen (secondary N) is 3. The molecule has 0 saturated carbocycles. The van der Waals surface area contributed by atoms with Crippen LogP contribution in [0.25, 0.3) is 22.0 Å². The lowest BCUT2D eigenvalue weighted by Crippen LogP contribution is -2.25. The Kier molecular flexibility index (Phi) is 8.45. The van der Waals surface area contributed by atoms with E-state index in [4.69, 9.17) is 5.73 Å². The number of amides is 3. The zero-order valence-corrected chi connectivity index (χ0v) is 20.9. The number of anilines is 2. The molecule has 0 unspecified atom stereocenters. The van der Waals surface area contributed by atoms with Gasteiger partial charge in [-0.1, -0.05) is 30.3 Å². The number of aromatic nitrogens is 2. The molecule has 2 aromatic carbocycles. The van der Waals surface area contributed by atoms with E-state index in [1.54, 1.807) is 25.5 Å². The van der Waals surface area contributed by atoms with Gasteiger partial charge in [-0.25, -0.2) is 4.79 Å². The van der Waals surface area contributed by atoms with E-state index in [0.717, 1.165) is 27.7 Å². The first-order valence-electron chi connectivity index (χ1n) is 12.1. The van der Waals surface area contributed by atoms with Gasteiger partial charge >= 0.3 is 6.09 Å². The fourth-order valence-electron chi connectivity index (χ4n) is 3.87. The molecule has 38 heavy (non-hydrogen) atoms. The molecule has 5 N–H and O–H groups in total. The Morgan fingerprint density at radius 1 is 0.895 bits per heavy atom. The number of nitrogens with zero attached hydrogens (tertiary/aromatic N) is 2. The average molecular weight is 513 g/mol. The summed E-state index contributed by atoms with van der Waals surface area (Å²) in [5, 5.41) is 9.61. The smallest absolute Gasteiger partial charge is 0.404 e. The summed E-state index contributed by atoms with van der Waals surface area (Å²) in [6.07, 6.45) is 3.62. The van der Waals surface area contributed by atoms with Crippen LogP contribution in [0.1, 0.15) is 33.7 Å². The maximum absolute atomic E-state index is 12.6. The second-order valence-electron chi connectivity index (χ2n) is 8.41. The zero-order valence-electron chi connectivity index (χ0n) is 20.9. The van der Waals surface area contributed by atoms with E-state index in [1.165, 1.54) is 0 Å². The molecule has 0 aliphatic heterocycles. The fourth-order valence-corrected chi connectivity index (χ4v) is 3.87. The number of carbonyl (C=O) groups excluding carboxylic acids is 3. The van der Waals surface area contributed by atoms with Gasteiger partial charge in [-0.2, -0.15) is 0 Å². The number of fused-ring (bicyclic) bond motifs is 1. The highest BCUT2D eigenvalue weighted by Crippen LogP contribution is 2.32. The summed E-state index contributed by atoms with van der Waals surface area (Å²) in [6, 6.07) is 18.8. The van der Waals surface area contributed by atoms with Crippen molar-refractivity contribution in [1.82, 2.24) is 20.6 Å². The van der Waals surface area contributed by atoms with Crippen molar-refractivity contribution in [3.8, 4) is 11.1 Å². The quantitative estimate of drug-likeness (QED) is 0.235. The van der Waals surface area contributed by atoms with Crippen molar-refractivity contribution in [3.63, 3.8) is 0 Å². The van der Waals surface area contributed by atoms with E-state index in [0.29, 0.717) is 30.6 Å². The van der Waals surface area contributed by atoms with Crippen LogP contribution < -0.4 is 21.7 Å². The molecule has 0 aliphatic rings. The van der Waals surface area contributed by atoms with Crippen molar-refractivity contribution in [2.45, 2.75) is 12.8 Å². The third-order valence-corrected chi connectivity index (χ3v) is 5.81. The van der Waals surface area contributed by atoms with E-state index in [2.05, 4.69) is 30.7 Å². The molecule has 0 spiro atoms. The number of rotatable bonds is 10. The van der Waals surface area contributed by atoms with Gasteiger partial charge < -0.3 is 26.4 Å². The molecule has 3 amide bonds. The highest BCUT2D eigenvalue weighted by Gasteiger charge is 2.16. The molecular formula is C28H28N6O4. The molecule has 4 aromatic rings. The Labute approximate surface area is 219 Å². The number of carbonyl (C=O) groups is 3. The lowest BCUT2D eigenvalue weighted by atomic mass is 10.0. The van der Waals surface area contributed by atoms with Crippen molar-refractivity contribution in [3.05, 3.63) is 84.3 Å². The van der Waals surface area contributed by atoms with Gasteiger partial charge in [0.15, 0.2) is 0 Å². The molecule has 0 aliphatic carbocycles. The third kappa shape index (κ3) is 6.41. The van der Waals surface area contributed by atoms with E-state index >= 15 is 0 Å². The normalized spacial score (nSPS) is 10.6. The maximum atomic E-state index is 12.6. The van der Waals surface area contributed by atoms with Gasteiger partial charge in [0.05, 0.1) is 23.4 Å². The van der Waals surface area contributed by atoms with E-state index in [1.807, 2.05) is 54.6 Å². The number of pyridine rings is 2. The predicted octanol–water partition coefficient (Wildman–Crippen LogP) is 4.01. The molecule has 0 radical (unpaired) electrons. The Hall–Kier alpha value is -4.99. The van der Waals surface area contributed by atoms with Crippen LogP contribution in [0.2, 0.25) is 0 Å². The molecular weight excluding hydrogens is 484 g/mol. The van der Waals surface area contributed by atoms with Crippen LogP contribution in [0.5, 0.6) is 0 Å². The monoisotopic (exact) mass is 512 g/mol. The van der Waals surface area contributed by atoms with Gasteiger partial charge in [0, 0.05) is 42.6 Å². The first kappa shape index (κ1) is 26.1. The molecule has 0 fully saturated rings. The second-order valence-corrected chi connectivity index (χ2v) is 8.41. The first-order valence-corrected chi connectivity index (χ1v) is 12.1. The number of primary amides is 1. The van der Waals surface area contributed by atoms with Gasteiger partial charge in [-0.05, 0) is 48.7 Å². The Bertz CT molecular complexity index is 1440. The third-order valence-electron chi connectivity index (χ3n) is 5.81. The number of para-hydroxylation sites is 1. The summed E-state index contributed by atoms with van der Waals surface area (Å²) in [5.74, 6) is -0.541. The number of hydrogen-bond acceptors (Lipinski definition) is 7. The fraction of sp³-hybridized carbons (Fsp3) is 0.179. The van der Waals surface area contributed by atoms with Crippen molar-refractivity contribution < 1.29 is 19.1 Å². The minimum atomic E-state index is -0.809. The van der Waals surface area contributed by atoms with E-state index < -0.39 is 6.09 Å². The van der Waals surface area contributed by atoms with Gasteiger partial charge in [0.1, 0.15) is 5.69 Å². The minimum absolute atomic E-state index is 0.215. The lowest BCUT2D eigenvalue weighted by molar-refractivity contribution is 0.0943. The number of nitrogens with two attached hydrogens (primary N) is 1. The largest absolute Gasteiger partial charge is 0.450 e. The van der Waals surface area contributed by atoms with Crippen LogP contribution in [0.4, 0.5) is 16.2 Å². The van der Waals surface area contributed by atoms with E-state index in [9.17, 15) is 14.4 Å². The summed E-state index contributed by atoms with van der Waals surface area (Å²) in [6.45, 7) is 0.638. The van der Waals surface area contributed by atoms with Crippen molar-refractivity contribution in [2.24, 2.45) is 5.73 Å². The highest BCUT2D eigenvalue weighted by atomic mass is 16.5. The van der Waals surface area contributed by atoms with Gasteiger partial charge in [0.25, 0.3) is 11.8 Å². The number of unbranched alkanes of at least 4 members (excludes halogenated alkanes) is 1. The molecule has 194 valence electrons. The molecule has 0 saturated heterocycles. The van der Waals surface area contributed by atoms with Crippen LogP contribution in [0.3, 0.4) is 0 Å². The predicted molar refractivity (Wildman–Crippen MR) is 145 cm³/mol. The molecule has 10 nitrogen and oxygen atoms in total. The summed E-state index contributed by atoms with van der Waals surface area (Å²) < 4.78 is 4.66. The first-order chi connectivity index (χ1) is 18.5. The summed E-state index contributed by atoms with van der Waals surface area (Å²) in [7, 11) is 1.58. The van der Waals surface area contributed by atoms with Crippen LogP contribution in [-0.4, -0.2) is 48.1 Å². The SMILES string of the molecule is CNC(=O)c1cnc2ccc(-c3ccc(C(=O)NCCCCOC(N)=O)nc3)cc2c1Nc1ccccc1. The highest BCUT2D eigenvalue weighted by molar-refractivity contribution is 6.08. The molecule has 2 heterocycles. The van der Waals surface area contributed by atoms with Gasteiger partial charge in [-0.15, -0.1) is 0 Å². The molecule has 0 bridgehead atoms. The molecule has 0 atom stereocenters. The van der Waals surface area contributed by atoms with Crippen molar-refractivity contribution in [1.29, 1.82) is 0 Å². The second kappa shape index (κ2) is 12.3. The van der Waals surface area contributed by atoms with Gasteiger partial charge in [-0.3, -0.25) is 19.6 Å². The van der Waals surface area contributed by atoms with Crippen LogP contribution in [0, 0.1) is 0 Å². The summed E-state index contributed by atoms with van der Waals surface area (Å²) in [5.41, 5.74) is 9.51. The Balaban J connectivity index is 1.54. The summed E-state index contributed by atoms with van der Waals surface area (Å²) in [4.78, 5) is 44.4. The van der Waals surface area contributed by atoms with Crippen LogP contribution in [-0.2, 0) is 4.74 Å². The maximum Gasteiger partial charge on any atom is 0.404 e. The van der Waals surface area contributed by atoms with Crippen molar-refractivity contribution in [2.75, 3.05) is 25.5 Å². The zero-order chi connectivity index (χ0) is 26.9. The molecule has 10 heteroatoms. The minimum Gasteiger partial charge on any atom is -0.450 e.